The molecule has 1 aromatic carbocycles. The van der Waals surface area contributed by atoms with Crippen molar-refractivity contribution in [3.05, 3.63) is 71.8 Å². The highest BCUT2D eigenvalue weighted by molar-refractivity contribution is 6.04. The Bertz CT molecular complexity index is 1260. The summed E-state index contributed by atoms with van der Waals surface area (Å²) in [6.07, 6.45) is 8.72. The summed E-state index contributed by atoms with van der Waals surface area (Å²) in [6.45, 7) is 2.04. The number of carbonyl (C=O) groups excluding carboxylic acids is 1. The number of hydrogen-bond donors (Lipinski definition) is 2. The molecule has 4 aromatic rings. The molecule has 1 amide bonds. The van der Waals surface area contributed by atoms with Crippen LogP contribution in [0.5, 0.6) is 0 Å². The second-order valence-electron chi connectivity index (χ2n) is 8.28. The van der Waals surface area contributed by atoms with Crippen molar-refractivity contribution in [1.82, 2.24) is 24.7 Å². The molecule has 162 valence electrons. The zero-order chi connectivity index (χ0) is 22.1. The van der Waals surface area contributed by atoms with E-state index in [1.165, 1.54) is 19.3 Å². The van der Waals surface area contributed by atoms with Crippen LogP contribution in [0, 0.1) is 0 Å². The summed E-state index contributed by atoms with van der Waals surface area (Å²) < 4.78 is 1.70. The maximum absolute atomic E-state index is 12.7. The molecule has 3 heterocycles. The van der Waals surface area contributed by atoms with E-state index in [4.69, 9.17) is 0 Å². The van der Waals surface area contributed by atoms with Crippen LogP contribution in [0.3, 0.4) is 0 Å². The lowest BCUT2D eigenvalue weighted by Crippen LogP contribution is -2.15. The van der Waals surface area contributed by atoms with E-state index in [0.29, 0.717) is 17.3 Å². The van der Waals surface area contributed by atoms with Gasteiger partial charge in [-0.25, -0.2) is 14.6 Å². The van der Waals surface area contributed by atoms with E-state index in [1.54, 1.807) is 23.3 Å². The molecule has 8 heteroatoms. The molecule has 2 N–H and O–H groups in total. The first-order valence-electron chi connectivity index (χ1n) is 10.9. The first-order chi connectivity index (χ1) is 15.6. The second-order valence-corrected chi connectivity index (χ2v) is 8.28. The Hall–Kier alpha value is -3.81. The molecule has 3 aromatic heterocycles. The molecule has 1 atom stereocenters. The summed E-state index contributed by atoms with van der Waals surface area (Å²) in [5, 5.41) is 10.5. The minimum Gasteiger partial charge on any atom is -0.362 e. The van der Waals surface area contributed by atoms with E-state index in [9.17, 15) is 4.79 Å². The molecule has 0 saturated heterocycles. The van der Waals surface area contributed by atoms with E-state index in [-0.39, 0.29) is 11.9 Å². The second kappa shape index (κ2) is 8.37. The maximum Gasteiger partial charge on any atom is 0.257 e. The molecule has 0 radical (unpaired) electrons. The Labute approximate surface area is 186 Å². The topological polar surface area (TPSA) is 97.6 Å². The van der Waals surface area contributed by atoms with Gasteiger partial charge in [-0.1, -0.05) is 18.6 Å². The van der Waals surface area contributed by atoms with Gasteiger partial charge >= 0.3 is 0 Å². The molecular weight excluding hydrogens is 402 g/mol. The van der Waals surface area contributed by atoms with Gasteiger partial charge in [0, 0.05) is 30.5 Å². The van der Waals surface area contributed by atoms with E-state index in [1.807, 2.05) is 50.4 Å². The average Bonchev–Trinajstić information content (AvgIpc) is 3.13. The molecule has 0 aliphatic heterocycles. The lowest BCUT2D eigenvalue weighted by Gasteiger charge is -2.24. The smallest absolute Gasteiger partial charge is 0.257 e. The number of nitrogens with zero attached hydrogens (tertiary/aromatic N) is 5. The summed E-state index contributed by atoms with van der Waals surface area (Å²) >= 11 is 0. The van der Waals surface area contributed by atoms with Crippen molar-refractivity contribution < 1.29 is 4.79 Å². The third-order valence-electron chi connectivity index (χ3n) is 6.02. The normalized spacial score (nSPS) is 14.7. The van der Waals surface area contributed by atoms with E-state index in [0.717, 1.165) is 28.1 Å². The number of hydrogen-bond acceptors (Lipinski definition) is 6. The summed E-state index contributed by atoms with van der Waals surface area (Å²) in [5.74, 6) is 1.06. The monoisotopic (exact) mass is 427 g/mol. The number of fused-ring (bicyclic) bond motifs is 1. The zero-order valence-electron chi connectivity index (χ0n) is 18.1. The van der Waals surface area contributed by atoms with Crippen LogP contribution in [0.25, 0.3) is 11.2 Å². The lowest BCUT2D eigenvalue weighted by atomic mass is 9.82. The van der Waals surface area contributed by atoms with E-state index < -0.39 is 0 Å². The SMILES string of the molecule is C[C@H](Nc1cnc2cnn(C)c2n1)c1cccc(NC(=O)c2ccc(C3CCC3)nc2)c1. The van der Waals surface area contributed by atoms with Gasteiger partial charge in [-0.2, -0.15) is 5.10 Å². The van der Waals surface area contributed by atoms with Crippen LogP contribution >= 0.6 is 0 Å². The number of carbonyl (C=O) groups is 1. The van der Waals surface area contributed by atoms with E-state index in [2.05, 4.69) is 30.7 Å². The van der Waals surface area contributed by atoms with Crippen LogP contribution in [0.15, 0.2) is 55.0 Å². The quantitative estimate of drug-likeness (QED) is 0.472. The van der Waals surface area contributed by atoms with Crippen LogP contribution in [0.2, 0.25) is 0 Å². The van der Waals surface area contributed by atoms with Gasteiger partial charge in [0.2, 0.25) is 0 Å². The Morgan fingerprint density at radius 1 is 1.12 bits per heavy atom. The number of aromatic nitrogens is 5. The van der Waals surface area contributed by atoms with Crippen molar-refractivity contribution in [3.63, 3.8) is 0 Å². The van der Waals surface area contributed by atoms with Crippen LogP contribution in [-0.4, -0.2) is 30.6 Å². The van der Waals surface area contributed by atoms with Crippen molar-refractivity contribution in [2.24, 2.45) is 7.05 Å². The number of anilines is 2. The third kappa shape index (κ3) is 4.03. The predicted octanol–water partition coefficient (Wildman–Crippen LogP) is 4.45. The van der Waals surface area contributed by atoms with Gasteiger partial charge in [0.05, 0.1) is 24.0 Å². The minimum atomic E-state index is -0.164. The largest absolute Gasteiger partial charge is 0.362 e. The number of nitrogens with one attached hydrogen (secondary N) is 2. The molecular formula is C24H25N7O. The van der Waals surface area contributed by atoms with E-state index >= 15 is 0 Å². The van der Waals surface area contributed by atoms with Gasteiger partial charge < -0.3 is 10.6 Å². The third-order valence-corrected chi connectivity index (χ3v) is 6.02. The average molecular weight is 428 g/mol. The van der Waals surface area contributed by atoms with Gasteiger partial charge in [0.15, 0.2) is 5.65 Å². The molecule has 0 spiro atoms. The number of amides is 1. The summed E-state index contributed by atoms with van der Waals surface area (Å²) in [4.78, 5) is 26.2. The van der Waals surface area contributed by atoms with Crippen LogP contribution in [0.1, 0.15) is 59.8 Å². The fourth-order valence-electron chi connectivity index (χ4n) is 3.86. The molecule has 0 bridgehead atoms. The van der Waals surface area contributed by atoms with Gasteiger partial charge in [-0.05, 0) is 49.6 Å². The number of pyridine rings is 1. The maximum atomic E-state index is 12.7. The molecule has 1 aliphatic rings. The van der Waals surface area contributed by atoms with Gasteiger partial charge in [-0.15, -0.1) is 0 Å². The fraction of sp³-hybridized carbons (Fsp3) is 0.292. The Morgan fingerprint density at radius 2 is 2.00 bits per heavy atom. The predicted molar refractivity (Wildman–Crippen MR) is 124 cm³/mol. The first-order valence-corrected chi connectivity index (χ1v) is 10.9. The number of aryl methyl sites for hydroxylation is 1. The molecule has 32 heavy (non-hydrogen) atoms. The van der Waals surface area contributed by atoms with Gasteiger partial charge in [-0.3, -0.25) is 9.78 Å². The van der Waals surface area contributed by atoms with Crippen LogP contribution in [0.4, 0.5) is 11.5 Å². The minimum absolute atomic E-state index is 0.0322. The standard InChI is InChI=1S/C24H25N7O/c1-15(28-22-14-26-21-13-27-31(2)23(21)30-22)17-7-4-8-19(11-17)29-24(32)18-9-10-20(25-12-18)16-5-3-6-16/h4,7-16H,3,5-6H2,1-2H3,(H,28,30)(H,29,32)/t15-/m0/s1. The highest BCUT2D eigenvalue weighted by Crippen LogP contribution is 2.35. The van der Waals surface area contributed by atoms with Crippen molar-refractivity contribution >= 4 is 28.6 Å². The van der Waals surface area contributed by atoms with Crippen LogP contribution in [-0.2, 0) is 7.05 Å². The Kier molecular flexibility index (Phi) is 5.26. The molecule has 5 rings (SSSR count). The highest BCUT2D eigenvalue weighted by Gasteiger charge is 2.21. The molecule has 1 aliphatic carbocycles. The van der Waals surface area contributed by atoms with Crippen molar-refractivity contribution in [2.75, 3.05) is 10.6 Å². The molecule has 1 fully saturated rings. The lowest BCUT2D eigenvalue weighted by molar-refractivity contribution is 0.102. The zero-order valence-corrected chi connectivity index (χ0v) is 18.1. The number of rotatable bonds is 6. The summed E-state index contributed by atoms with van der Waals surface area (Å²) in [6, 6.07) is 11.6. The Balaban J connectivity index is 1.26. The molecule has 1 saturated carbocycles. The molecule has 0 unspecified atom stereocenters. The summed E-state index contributed by atoms with van der Waals surface area (Å²) in [5.41, 5.74) is 4.88. The Morgan fingerprint density at radius 3 is 2.75 bits per heavy atom. The van der Waals surface area contributed by atoms with Crippen molar-refractivity contribution in [2.45, 2.75) is 38.1 Å². The van der Waals surface area contributed by atoms with Gasteiger partial charge in [0.25, 0.3) is 5.91 Å². The van der Waals surface area contributed by atoms with Crippen molar-refractivity contribution in [3.8, 4) is 0 Å². The number of benzene rings is 1. The van der Waals surface area contributed by atoms with Crippen LogP contribution < -0.4 is 10.6 Å². The fourth-order valence-corrected chi connectivity index (χ4v) is 3.86. The van der Waals surface area contributed by atoms with Crippen molar-refractivity contribution in [1.29, 1.82) is 0 Å². The first kappa shape index (κ1) is 20.1. The molecule has 8 nitrogen and oxygen atoms in total. The highest BCUT2D eigenvalue weighted by atomic mass is 16.1. The summed E-state index contributed by atoms with van der Waals surface area (Å²) in [7, 11) is 1.84. The van der Waals surface area contributed by atoms with Gasteiger partial charge in [0.1, 0.15) is 11.3 Å².